The molecule has 20 heavy (non-hydrogen) atoms. The highest BCUT2D eigenvalue weighted by Crippen LogP contribution is 2.55. The summed E-state index contributed by atoms with van der Waals surface area (Å²) in [5.41, 5.74) is 5.94. The third kappa shape index (κ3) is 2.79. The van der Waals surface area contributed by atoms with Crippen molar-refractivity contribution in [3.8, 4) is 0 Å². The van der Waals surface area contributed by atoms with Crippen LogP contribution in [0.4, 0.5) is 0 Å². The Bertz CT molecular complexity index is 458. The van der Waals surface area contributed by atoms with E-state index in [1.165, 1.54) is 42.4 Å². The van der Waals surface area contributed by atoms with Gasteiger partial charge in [-0.25, -0.2) is 0 Å². The molecular weight excluding hydrogens is 242 g/mol. The van der Waals surface area contributed by atoms with Crippen LogP contribution in [0.25, 0.3) is 0 Å². The maximum Gasteiger partial charge on any atom is 0.0136 e. The van der Waals surface area contributed by atoms with Crippen LogP contribution < -0.4 is 5.32 Å². The van der Waals surface area contributed by atoms with Crippen LogP contribution in [0.3, 0.4) is 0 Å². The highest BCUT2D eigenvalue weighted by atomic mass is 14.9. The van der Waals surface area contributed by atoms with Gasteiger partial charge in [0.25, 0.3) is 0 Å². The van der Waals surface area contributed by atoms with E-state index in [4.69, 9.17) is 0 Å². The number of fused-ring (bicyclic) bond motifs is 1. The van der Waals surface area contributed by atoms with Gasteiger partial charge in [-0.2, -0.15) is 0 Å². The number of aryl methyl sites for hydroxylation is 3. The second-order valence-corrected chi connectivity index (χ2v) is 7.23. The van der Waals surface area contributed by atoms with Crippen LogP contribution >= 0.6 is 0 Å². The van der Waals surface area contributed by atoms with Crippen molar-refractivity contribution in [3.63, 3.8) is 0 Å². The lowest BCUT2D eigenvalue weighted by molar-refractivity contribution is 0.336. The lowest BCUT2D eigenvalue weighted by atomic mass is 9.86. The Hall–Kier alpha value is -0.820. The molecule has 2 saturated carbocycles. The van der Waals surface area contributed by atoms with Gasteiger partial charge < -0.3 is 5.32 Å². The van der Waals surface area contributed by atoms with Gasteiger partial charge in [0.1, 0.15) is 0 Å². The van der Waals surface area contributed by atoms with Gasteiger partial charge in [0.15, 0.2) is 0 Å². The van der Waals surface area contributed by atoms with E-state index in [9.17, 15) is 0 Å². The molecule has 2 aliphatic rings. The number of hydrogen-bond donors (Lipinski definition) is 1. The molecule has 3 rings (SSSR count). The Kier molecular flexibility index (Phi) is 3.90. The summed E-state index contributed by atoms with van der Waals surface area (Å²) < 4.78 is 0. The number of likely N-dealkylation sites (N-methyl/N-ethyl adjacent to an activating group) is 1. The van der Waals surface area contributed by atoms with Gasteiger partial charge in [0.05, 0.1) is 0 Å². The second-order valence-electron chi connectivity index (χ2n) is 7.23. The number of nitrogens with one attached hydrogen (secondary N) is 1. The van der Waals surface area contributed by atoms with Gasteiger partial charge in [-0.05, 0) is 87.4 Å². The molecule has 2 fully saturated rings. The summed E-state index contributed by atoms with van der Waals surface area (Å²) in [6, 6.07) is 5.38. The van der Waals surface area contributed by atoms with Gasteiger partial charge in [0, 0.05) is 6.04 Å². The molecule has 2 aliphatic carbocycles. The van der Waals surface area contributed by atoms with Crippen LogP contribution in [-0.2, 0) is 6.42 Å². The third-order valence-electron chi connectivity index (χ3n) is 5.58. The van der Waals surface area contributed by atoms with Crippen molar-refractivity contribution in [3.05, 3.63) is 34.4 Å². The molecule has 0 aromatic heterocycles. The number of hydrogen-bond acceptors (Lipinski definition) is 1. The summed E-state index contributed by atoms with van der Waals surface area (Å²) in [4.78, 5) is 0. The fraction of sp³-hybridized carbons (Fsp3) is 0.684. The molecule has 3 unspecified atom stereocenters. The maximum absolute atomic E-state index is 3.78. The topological polar surface area (TPSA) is 12.0 Å². The molecule has 0 saturated heterocycles. The summed E-state index contributed by atoms with van der Waals surface area (Å²) >= 11 is 0. The normalized spacial score (nSPS) is 29.3. The molecule has 0 bridgehead atoms. The second kappa shape index (κ2) is 5.52. The Morgan fingerprint density at radius 2 is 1.65 bits per heavy atom. The van der Waals surface area contributed by atoms with E-state index >= 15 is 0 Å². The SMILES string of the molecule is CCNC(Cc1c(C)cc(C)cc1C)C1CC2CC2C1. The molecular formula is C19H29N. The molecule has 0 radical (unpaired) electrons. The molecule has 1 heteroatoms. The number of rotatable bonds is 5. The monoisotopic (exact) mass is 271 g/mol. The first-order valence-corrected chi connectivity index (χ1v) is 8.38. The van der Waals surface area contributed by atoms with E-state index in [0.717, 1.165) is 24.3 Å². The molecule has 110 valence electrons. The van der Waals surface area contributed by atoms with Crippen LogP contribution in [0.2, 0.25) is 0 Å². The van der Waals surface area contributed by atoms with E-state index in [2.05, 4.69) is 45.1 Å². The van der Waals surface area contributed by atoms with Crippen molar-refractivity contribution in [2.45, 2.75) is 59.4 Å². The largest absolute Gasteiger partial charge is 0.314 e. The fourth-order valence-electron chi connectivity index (χ4n) is 4.51. The average Bonchev–Trinajstić information content (AvgIpc) is 2.99. The van der Waals surface area contributed by atoms with Crippen molar-refractivity contribution < 1.29 is 0 Å². The number of benzene rings is 1. The molecule has 0 spiro atoms. The summed E-state index contributed by atoms with van der Waals surface area (Å²) in [5, 5.41) is 3.78. The summed E-state index contributed by atoms with van der Waals surface area (Å²) in [6.45, 7) is 10.1. The Morgan fingerprint density at radius 1 is 1.05 bits per heavy atom. The molecule has 1 nitrogen and oxygen atoms in total. The van der Waals surface area contributed by atoms with Crippen LogP contribution in [0.1, 0.15) is 48.4 Å². The smallest absolute Gasteiger partial charge is 0.0136 e. The van der Waals surface area contributed by atoms with E-state index < -0.39 is 0 Å². The first kappa shape index (κ1) is 14.1. The zero-order chi connectivity index (χ0) is 14.3. The van der Waals surface area contributed by atoms with Crippen LogP contribution in [0.15, 0.2) is 12.1 Å². The lowest BCUT2D eigenvalue weighted by Gasteiger charge is -2.27. The summed E-state index contributed by atoms with van der Waals surface area (Å²) in [7, 11) is 0. The van der Waals surface area contributed by atoms with Gasteiger partial charge in [-0.1, -0.05) is 24.6 Å². The summed E-state index contributed by atoms with van der Waals surface area (Å²) in [6.07, 6.45) is 5.70. The summed E-state index contributed by atoms with van der Waals surface area (Å²) in [5.74, 6) is 3.08. The fourth-order valence-corrected chi connectivity index (χ4v) is 4.51. The zero-order valence-corrected chi connectivity index (χ0v) is 13.5. The van der Waals surface area contributed by atoms with Gasteiger partial charge in [-0.3, -0.25) is 0 Å². The minimum absolute atomic E-state index is 0.688. The molecule has 0 heterocycles. The van der Waals surface area contributed by atoms with Crippen LogP contribution in [0, 0.1) is 38.5 Å². The van der Waals surface area contributed by atoms with Crippen molar-refractivity contribution >= 4 is 0 Å². The van der Waals surface area contributed by atoms with Gasteiger partial charge in [0.2, 0.25) is 0 Å². The Morgan fingerprint density at radius 3 is 2.20 bits per heavy atom. The standard InChI is InChI=1S/C19H29N/c1-5-20-19(17-9-15-8-16(15)10-17)11-18-13(3)6-12(2)7-14(18)4/h6-7,15-17,19-20H,5,8-11H2,1-4H3. The van der Waals surface area contributed by atoms with Crippen LogP contribution in [-0.4, -0.2) is 12.6 Å². The third-order valence-corrected chi connectivity index (χ3v) is 5.58. The van der Waals surface area contributed by atoms with E-state index in [1.54, 1.807) is 5.56 Å². The van der Waals surface area contributed by atoms with Crippen molar-refractivity contribution in [2.75, 3.05) is 6.54 Å². The predicted molar refractivity (Wildman–Crippen MR) is 86.1 cm³/mol. The minimum Gasteiger partial charge on any atom is -0.314 e. The first-order valence-electron chi connectivity index (χ1n) is 8.38. The molecule has 1 aromatic carbocycles. The van der Waals surface area contributed by atoms with Crippen molar-refractivity contribution in [2.24, 2.45) is 17.8 Å². The van der Waals surface area contributed by atoms with E-state index in [0.29, 0.717) is 6.04 Å². The van der Waals surface area contributed by atoms with E-state index in [-0.39, 0.29) is 0 Å². The zero-order valence-electron chi connectivity index (χ0n) is 13.5. The molecule has 0 aliphatic heterocycles. The average molecular weight is 271 g/mol. The first-order chi connectivity index (χ1) is 9.58. The highest BCUT2D eigenvalue weighted by Gasteiger charge is 2.47. The molecule has 0 amide bonds. The molecule has 1 aromatic rings. The van der Waals surface area contributed by atoms with Gasteiger partial charge >= 0.3 is 0 Å². The van der Waals surface area contributed by atoms with Crippen molar-refractivity contribution in [1.82, 2.24) is 5.32 Å². The van der Waals surface area contributed by atoms with E-state index in [1.807, 2.05) is 0 Å². The lowest BCUT2D eigenvalue weighted by Crippen LogP contribution is -2.38. The molecule has 3 atom stereocenters. The Labute approximate surface area is 124 Å². The maximum atomic E-state index is 3.78. The van der Waals surface area contributed by atoms with Crippen LogP contribution in [0.5, 0.6) is 0 Å². The predicted octanol–water partition coefficient (Wildman–Crippen LogP) is 4.18. The van der Waals surface area contributed by atoms with Crippen molar-refractivity contribution in [1.29, 1.82) is 0 Å². The molecule has 1 N–H and O–H groups in total. The minimum atomic E-state index is 0.688. The highest BCUT2D eigenvalue weighted by molar-refractivity contribution is 5.38. The van der Waals surface area contributed by atoms with Gasteiger partial charge in [-0.15, -0.1) is 0 Å². The Balaban J connectivity index is 1.76. The quantitative estimate of drug-likeness (QED) is 0.847.